The van der Waals surface area contributed by atoms with Gasteiger partial charge in [-0.3, -0.25) is 9.69 Å². The average Bonchev–Trinajstić information content (AvgIpc) is 3.53. The minimum absolute atomic E-state index is 0.00156. The van der Waals surface area contributed by atoms with Gasteiger partial charge in [0.05, 0.1) is 11.0 Å². The zero-order valence-electron chi connectivity index (χ0n) is 25.5. The van der Waals surface area contributed by atoms with Gasteiger partial charge in [0.1, 0.15) is 5.82 Å². The van der Waals surface area contributed by atoms with Gasteiger partial charge < -0.3 is 20.4 Å². The van der Waals surface area contributed by atoms with Crippen molar-refractivity contribution in [1.29, 1.82) is 0 Å². The van der Waals surface area contributed by atoms with Crippen LogP contribution in [0.3, 0.4) is 0 Å². The molecule has 8 heteroatoms. The fourth-order valence-electron chi connectivity index (χ4n) is 8.45. The minimum Gasteiger partial charge on any atom is -0.409 e. The zero-order chi connectivity index (χ0) is 30.3. The lowest BCUT2D eigenvalue weighted by molar-refractivity contribution is 0.0607. The van der Waals surface area contributed by atoms with Crippen LogP contribution in [0.15, 0.2) is 84.0 Å². The number of amidine groups is 1. The van der Waals surface area contributed by atoms with E-state index in [2.05, 4.69) is 76.1 Å². The van der Waals surface area contributed by atoms with E-state index in [-0.39, 0.29) is 17.2 Å². The molecule has 3 fully saturated rings. The number of aryl methyl sites for hydroxylation is 1. The molecule has 228 valence electrons. The number of hydrogen-bond acceptors (Lipinski definition) is 5. The number of carbonyl (C=O) groups is 1. The molecule has 3 atom stereocenters. The molecule has 4 heterocycles. The maximum atomic E-state index is 13.5. The number of aromatic nitrogens is 2. The van der Waals surface area contributed by atoms with Gasteiger partial charge in [-0.25, -0.2) is 4.98 Å². The van der Waals surface area contributed by atoms with Crippen molar-refractivity contribution < 1.29 is 10.0 Å². The second-order valence-corrected chi connectivity index (χ2v) is 13.0. The van der Waals surface area contributed by atoms with Gasteiger partial charge in [-0.1, -0.05) is 59.8 Å². The molecule has 3 aromatic carbocycles. The van der Waals surface area contributed by atoms with Gasteiger partial charge in [0.2, 0.25) is 0 Å². The number of nitrogens with two attached hydrogens (primary N) is 1. The van der Waals surface area contributed by atoms with Gasteiger partial charge in [0, 0.05) is 42.3 Å². The zero-order valence-corrected chi connectivity index (χ0v) is 25.5. The highest BCUT2D eigenvalue weighted by Crippen LogP contribution is 2.45. The van der Waals surface area contributed by atoms with E-state index in [0.717, 1.165) is 37.1 Å². The van der Waals surface area contributed by atoms with Gasteiger partial charge in [-0.15, -0.1) is 0 Å². The van der Waals surface area contributed by atoms with Crippen LogP contribution >= 0.6 is 0 Å². The summed E-state index contributed by atoms with van der Waals surface area (Å²) in [7, 11) is 0. The van der Waals surface area contributed by atoms with Gasteiger partial charge in [-0.05, 0) is 93.7 Å². The molecule has 3 N–H and O–H groups in total. The molecule has 1 aromatic heterocycles. The highest BCUT2D eigenvalue weighted by Gasteiger charge is 2.44. The molecule has 1 amide bonds. The predicted molar refractivity (Wildman–Crippen MR) is 173 cm³/mol. The molecule has 44 heavy (non-hydrogen) atoms. The fourth-order valence-corrected chi connectivity index (χ4v) is 8.45. The van der Waals surface area contributed by atoms with Gasteiger partial charge >= 0.3 is 0 Å². The monoisotopic (exact) mass is 590 g/mol. The highest BCUT2D eigenvalue weighted by atomic mass is 16.4. The number of nitrogens with zero attached hydrogens (tertiary/aromatic N) is 5. The molecule has 0 saturated carbocycles. The van der Waals surface area contributed by atoms with Crippen molar-refractivity contribution in [2.75, 3.05) is 19.6 Å². The quantitative estimate of drug-likeness (QED) is 0.121. The van der Waals surface area contributed by atoms with E-state index in [0.29, 0.717) is 42.3 Å². The lowest BCUT2D eigenvalue weighted by Crippen LogP contribution is -2.49. The summed E-state index contributed by atoms with van der Waals surface area (Å²) in [6.45, 7) is 4.67. The first-order valence-electron chi connectivity index (χ1n) is 16.1. The minimum atomic E-state index is 0.00156. The van der Waals surface area contributed by atoms with E-state index in [9.17, 15) is 4.79 Å². The summed E-state index contributed by atoms with van der Waals surface area (Å²) >= 11 is 0. The largest absolute Gasteiger partial charge is 0.409 e. The van der Waals surface area contributed by atoms with Crippen LogP contribution < -0.4 is 5.73 Å². The van der Waals surface area contributed by atoms with Gasteiger partial charge in [0.25, 0.3) is 5.91 Å². The Kier molecular flexibility index (Phi) is 7.62. The molecule has 3 saturated heterocycles. The van der Waals surface area contributed by atoms with Crippen molar-refractivity contribution in [1.82, 2.24) is 19.4 Å². The number of oxime groups is 1. The van der Waals surface area contributed by atoms with Crippen molar-refractivity contribution in [2.45, 2.75) is 75.4 Å². The Labute approximate surface area is 259 Å². The number of rotatable bonds is 7. The number of para-hydroxylation sites is 2. The van der Waals surface area contributed by atoms with Crippen molar-refractivity contribution >= 4 is 22.8 Å². The summed E-state index contributed by atoms with van der Waals surface area (Å²) in [6, 6.07) is 28.3. The maximum Gasteiger partial charge on any atom is 0.253 e. The van der Waals surface area contributed by atoms with E-state index in [1.165, 1.54) is 36.8 Å². The summed E-state index contributed by atoms with van der Waals surface area (Å²) in [5, 5.41) is 12.2. The summed E-state index contributed by atoms with van der Waals surface area (Å²) in [5.74, 6) is 1.14. The molecule has 8 nitrogen and oxygen atoms in total. The van der Waals surface area contributed by atoms with Crippen molar-refractivity contribution in [3.8, 4) is 0 Å². The molecule has 0 radical (unpaired) electrons. The van der Waals surface area contributed by atoms with Crippen LogP contribution in [0.25, 0.3) is 11.0 Å². The molecular weight excluding hydrogens is 548 g/mol. The summed E-state index contributed by atoms with van der Waals surface area (Å²) in [4.78, 5) is 23.2. The van der Waals surface area contributed by atoms with Gasteiger partial charge in [-0.2, -0.15) is 0 Å². The van der Waals surface area contributed by atoms with E-state index in [1.807, 2.05) is 11.0 Å². The van der Waals surface area contributed by atoms with Crippen LogP contribution in [0.1, 0.15) is 78.3 Å². The number of benzene rings is 3. The second-order valence-electron chi connectivity index (χ2n) is 13.0. The predicted octanol–water partition coefficient (Wildman–Crippen LogP) is 5.87. The van der Waals surface area contributed by atoms with E-state index < -0.39 is 0 Å². The first-order valence-corrected chi connectivity index (χ1v) is 16.1. The Morgan fingerprint density at radius 1 is 0.932 bits per heavy atom. The number of imidazole rings is 1. The van der Waals surface area contributed by atoms with Crippen molar-refractivity contribution in [3.63, 3.8) is 0 Å². The standard InChI is InChI=1S/C36H42N6O2/c1-25-38-32-12-5-6-13-33(32)42(25)31-23-29-14-15-30(24-31)41(29)21-18-36(28-10-3-2-4-11-28)16-19-40(20-17-36)35(43)27-9-7-8-26(22-27)34(37)39-44/h2-13,22,29-31,44H,14-21,23-24H2,1H3,(H2,37,39)/t29-,30+,31?. The van der Waals surface area contributed by atoms with Crippen molar-refractivity contribution in [3.05, 3.63) is 101 Å². The Hall–Kier alpha value is -4.17. The number of amides is 1. The third-order valence-corrected chi connectivity index (χ3v) is 10.8. The van der Waals surface area contributed by atoms with Crippen LogP contribution in [0.5, 0.6) is 0 Å². The van der Waals surface area contributed by atoms with Crippen LogP contribution in [0.2, 0.25) is 0 Å². The Morgan fingerprint density at radius 3 is 2.34 bits per heavy atom. The summed E-state index contributed by atoms with van der Waals surface area (Å²) in [6.07, 6.45) is 7.90. The lowest BCUT2D eigenvalue weighted by Gasteiger charge is -2.45. The summed E-state index contributed by atoms with van der Waals surface area (Å²) < 4.78 is 2.51. The molecule has 3 aliphatic heterocycles. The normalized spacial score (nSPS) is 23.7. The molecule has 0 spiro atoms. The molecule has 7 rings (SSSR count). The van der Waals surface area contributed by atoms with E-state index >= 15 is 0 Å². The first-order chi connectivity index (χ1) is 21.5. The molecule has 3 aliphatic rings. The van der Waals surface area contributed by atoms with E-state index in [1.54, 1.807) is 18.2 Å². The second kappa shape index (κ2) is 11.7. The molecule has 4 aromatic rings. The maximum absolute atomic E-state index is 13.5. The smallest absolute Gasteiger partial charge is 0.253 e. The van der Waals surface area contributed by atoms with Crippen molar-refractivity contribution in [2.24, 2.45) is 10.9 Å². The number of likely N-dealkylation sites (tertiary alicyclic amines) is 1. The Balaban J connectivity index is 1.06. The number of fused-ring (bicyclic) bond motifs is 3. The Morgan fingerprint density at radius 2 is 1.61 bits per heavy atom. The van der Waals surface area contributed by atoms with Crippen LogP contribution in [-0.2, 0) is 5.41 Å². The van der Waals surface area contributed by atoms with Gasteiger partial charge in [0.15, 0.2) is 5.84 Å². The highest BCUT2D eigenvalue weighted by molar-refractivity contribution is 6.01. The first kappa shape index (κ1) is 28.6. The fraction of sp³-hybridized carbons (Fsp3) is 0.417. The molecule has 0 aliphatic carbocycles. The van der Waals surface area contributed by atoms with E-state index in [4.69, 9.17) is 15.9 Å². The number of carbonyl (C=O) groups excluding carboxylic acids is 1. The topological polar surface area (TPSA) is 100.0 Å². The third kappa shape index (κ3) is 5.15. The third-order valence-electron chi connectivity index (χ3n) is 10.8. The van der Waals surface area contributed by atoms with Crippen LogP contribution in [0.4, 0.5) is 0 Å². The molecule has 1 unspecified atom stereocenters. The SMILES string of the molecule is Cc1nc2ccccc2n1C1C[C@H]2CC[C@@H](C1)N2CCC1(c2ccccc2)CCN(C(=O)c2cccc(C(N)=NO)c2)CC1. The van der Waals surface area contributed by atoms with Crippen LogP contribution in [0, 0.1) is 6.92 Å². The lowest BCUT2D eigenvalue weighted by atomic mass is 9.70. The molecule has 2 bridgehead atoms. The van der Waals surface area contributed by atoms with Crippen LogP contribution in [-0.4, -0.2) is 68.0 Å². The number of hydrogen-bond donors (Lipinski definition) is 2. The average molecular weight is 591 g/mol. The number of piperidine rings is 2. The summed E-state index contributed by atoms with van der Waals surface area (Å²) in [5.41, 5.74) is 10.7. The Bertz CT molecular complexity index is 1660. The molecular formula is C36H42N6O2.